The number of amides is 1. The second kappa shape index (κ2) is 7.95. The minimum Gasteiger partial charge on any atom is -0.324 e. The minimum absolute atomic E-state index is 0.000942. The molecule has 1 unspecified atom stereocenters. The van der Waals surface area contributed by atoms with Gasteiger partial charge in [0.15, 0.2) is 5.66 Å². The molecule has 1 atom stereocenters. The van der Waals surface area contributed by atoms with Crippen molar-refractivity contribution >= 4 is 63.8 Å². The number of fused-ring (bicyclic) bond motifs is 1. The van der Waals surface area contributed by atoms with E-state index in [9.17, 15) is 23.5 Å². The number of anilines is 1. The Kier molecular flexibility index (Phi) is 5.96. The van der Waals surface area contributed by atoms with Crippen molar-refractivity contribution in [1.82, 2.24) is 0 Å². The standard InChI is InChI=1S/C18H13Cl2FNO4PS/c1-2-22(13-6-11(20)5-12(21)8-13)18(23)17(27(24,25)26)15-9-28-16-4-3-10(19)7-14(15)16/h2-9,17H,1H2,(H2,24,25,26). The van der Waals surface area contributed by atoms with Crippen LogP contribution in [0.4, 0.5) is 10.1 Å². The maximum absolute atomic E-state index is 13.7. The third kappa shape index (κ3) is 4.15. The summed E-state index contributed by atoms with van der Waals surface area (Å²) in [7, 11) is -4.95. The molecule has 0 saturated heterocycles. The molecule has 10 heteroatoms. The Bertz CT molecular complexity index is 1110. The van der Waals surface area contributed by atoms with Gasteiger partial charge in [-0.25, -0.2) is 4.39 Å². The normalized spacial score (nSPS) is 12.8. The van der Waals surface area contributed by atoms with Gasteiger partial charge in [-0.3, -0.25) is 14.3 Å². The highest BCUT2D eigenvalue weighted by Crippen LogP contribution is 2.55. The molecule has 3 rings (SSSR count). The zero-order chi connectivity index (χ0) is 20.6. The van der Waals surface area contributed by atoms with Crippen molar-refractivity contribution in [2.45, 2.75) is 5.66 Å². The summed E-state index contributed by atoms with van der Waals surface area (Å²) < 4.78 is 26.7. The van der Waals surface area contributed by atoms with E-state index in [0.29, 0.717) is 15.1 Å². The van der Waals surface area contributed by atoms with E-state index >= 15 is 0 Å². The van der Waals surface area contributed by atoms with E-state index in [4.69, 9.17) is 23.2 Å². The SMILES string of the molecule is C=CN(C(=O)C(c1csc2ccc(Cl)cc12)P(=O)(O)O)c1cc(F)cc(Cl)c1. The Morgan fingerprint density at radius 1 is 1.21 bits per heavy atom. The van der Waals surface area contributed by atoms with E-state index in [-0.39, 0.29) is 16.3 Å². The fourth-order valence-corrected chi connectivity index (χ4v) is 5.27. The van der Waals surface area contributed by atoms with Crippen molar-refractivity contribution < 1.29 is 23.5 Å². The van der Waals surface area contributed by atoms with E-state index in [1.165, 1.54) is 28.8 Å². The fourth-order valence-electron chi connectivity index (χ4n) is 2.82. The lowest BCUT2D eigenvalue weighted by molar-refractivity contribution is -0.118. The first-order valence-corrected chi connectivity index (χ1v) is 11.1. The smallest absolute Gasteiger partial charge is 0.324 e. The van der Waals surface area contributed by atoms with Crippen LogP contribution in [0.25, 0.3) is 10.1 Å². The highest BCUT2D eigenvalue weighted by atomic mass is 35.5. The van der Waals surface area contributed by atoms with Gasteiger partial charge in [-0.2, -0.15) is 0 Å². The molecule has 2 N–H and O–H groups in total. The molecule has 0 aliphatic rings. The molecule has 5 nitrogen and oxygen atoms in total. The number of hydrogen-bond donors (Lipinski definition) is 2. The summed E-state index contributed by atoms with van der Waals surface area (Å²) in [5.41, 5.74) is -1.68. The van der Waals surface area contributed by atoms with Crippen molar-refractivity contribution in [1.29, 1.82) is 0 Å². The average Bonchev–Trinajstić information content (AvgIpc) is 2.96. The molecule has 0 radical (unpaired) electrons. The summed E-state index contributed by atoms with van der Waals surface area (Å²) in [6, 6.07) is 8.24. The van der Waals surface area contributed by atoms with Gasteiger partial charge >= 0.3 is 7.60 Å². The number of thiophene rings is 1. The summed E-state index contributed by atoms with van der Waals surface area (Å²) in [6.45, 7) is 3.51. The van der Waals surface area contributed by atoms with Gasteiger partial charge in [0.2, 0.25) is 0 Å². The Hall–Kier alpha value is -1.73. The lowest BCUT2D eigenvalue weighted by Crippen LogP contribution is -2.30. The molecule has 146 valence electrons. The zero-order valence-corrected chi connectivity index (χ0v) is 17.3. The summed E-state index contributed by atoms with van der Waals surface area (Å²) in [5.74, 6) is -1.67. The number of benzene rings is 2. The minimum atomic E-state index is -4.95. The Morgan fingerprint density at radius 2 is 1.93 bits per heavy atom. The molecule has 1 aromatic heterocycles. The van der Waals surface area contributed by atoms with Gasteiger partial charge in [0.25, 0.3) is 5.91 Å². The van der Waals surface area contributed by atoms with Crippen molar-refractivity contribution in [2.24, 2.45) is 0 Å². The maximum Gasteiger partial charge on any atom is 0.342 e. The van der Waals surface area contributed by atoms with Gasteiger partial charge < -0.3 is 9.79 Å². The number of halogens is 3. The highest BCUT2D eigenvalue weighted by molar-refractivity contribution is 7.53. The first-order valence-electron chi connectivity index (χ1n) is 7.75. The van der Waals surface area contributed by atoms with Crippen molar-refractivity contribution in [3.05, 3.63) is 76.0 Å². The predicted molar refractivity (Wildman–Crippen MR) is 111 cm³/mol. The van der Waals surface area contributed by atoms with Gasteiger partial charge in [0.1, 0.15) is 5.82 Å². The lowest BCUT2D eigenvalue weighted by atomic mass is 10.1. The Labute approximate surface area is 173 Å². The van der Waals surface area contributed by atoms with Crippen LogP contribution < -0.4 is 4.90 Å². The molecule has 28 heavy (non-hydrogen) atoms. The van der Waals surface area contributed by atoms with Gasteiger partial charge in [-0.15, -0.1) is 11.3 Å². The third-order valence-corrected chi connectivity index (χ3v) is 6.58. The molecule has 0 bridgehead atoms. The van der Waals surface area contributed by atoms with Crippen LogP contribution in [0.3, 0.4) is 0 Å². The van der Waals surface area contributed by atoms with Gasteiger partial charge in [0.05, 0.1) is 5.69 Å². The molecule has 0 saturated carbocycles. The molecular weight excluding hydrogens is 447 g/mol. The van der Waals surface area contributed by atoms with E-state index in [1.807, 2.05) is 0 Å². The Morgan fingerprint density at radius 3 is 2.54 bits per heavy atom. The fraction of sp³-hybridized carbons (Fsp3) is 0.0556. The van der Waals surface area contributed by atoms with Crippen LogP contribution in [0.2, 0.25) is 10.0 Å². The van der Waals surface area contributed by atoms with Crippen LogP contribution in [0.15, 0.2) is 54.6 Å². The summed E-state index contributed by atoms with van der Waals surface area (Å²) in [6.07, 6.45) is 1.05. The van der Waals surface area contributed by atoms with Crippen LogP contribution in [0.1, 0.15) is 11.2 Å². The lowest BCUT2D eigenvalue weighted by Gasteiger charge is -2.25. The number of nitrogens with zero attached hydrogens (tertiary/aromatic N) is 1. The molecule has 3 aromatic rings. The van der Waals surface area contributed by atoms with E-state index < -0.39 is 25.0 Å². The van der Waals surface area contributed by atoms with Gasteiger partial charge in [-0.05, 0) is 52.7 Å². The number of carbonyl (C=O) groups is 1. The molecule has 1 amide bonds. The molecule has 0 aliphatic heterocycles. The average molecular weight is 460 g/mol. The Balaban J connectivity index is 2.15. The zero-order valence-electron chi connectivity index (χ0n) is 14.1. The second-order valence-electron chi connectivity index (χ2n) is 5.84. The number of carbonyl (C=O) groups excluding carboxylic acids is 1. The highest BCUT2D eigenvalue weighted by Gasteiger charge is 2.41. The van der Waals surface area contributed by atoms with E-state index in [0.717, 1.165) is 23.2 Å². The number of hydrogen-bond acceptors (Lipinski definition) is 3. The molecule has 0 aliphatic carbocycles. The van der Waals surface area contributed by atoms with Crippen molar-refractivity contribution in [3.8, 4) is 0 Å². The molecule has 0 spiro atoms. The molecule has 0 fully saturated rings. The van der Waals surface area contributed by atoms with Gasteiger partial charge in [-0.1, -0.05) is 29.8 Å². The predicted octanol–water partition coefficient (Wildman–Crippen LogP) is 5.74. The first kappa shape index (κ1) is 21.0. The topological polar surface area (TPSA) is 77.8 Å². The van der Waals surface area contributed by atoms with Crippen molar-refractivity contribution in [3.63, 3.8) is 0 Å². The van der Waals surface area contributed by atoms with Crippen LogP contribution in [-0.4, -0.2) is 15.7 Å². The quantitative estimate of drug-likeness (QED) is 0.476. The maximum atomic E-state index is 13.7. The van der Waals surface area contributed by atoms with E-state index in [2.05, 4.69) is 6.58 Å². The first-order chi connectivity index (χ1) is 13.1. The van der Waals surface area contributed by atoms with Gasteiger partial charge in [0, 0.05) is 20.9 Å². The largest absolute Gasteiger partial charge is 0.342 e. The third-order valence-electron chi connectivity index (χ3n) is 3.98. The molecular formula is C18H13Cl2FNO4PS. The second-order valence-corrected chi connectivity index (χ2v) is 9.32. The monoisotopic (exact) mass is 459 g/mol. The van der Waals surface area contributed by atoms with E-state index in [1.54, 1.807) is 12.1 Å². The summed E-state index contributed by atoms with van der Waals surface area (Å²) >= 11 is 13.1. The molecule has 2 aromatic carbocycles. The van der Waals surface area contributed by atoms with Crippen LogP contribution >= 0.6 is 42.1 Å². The van der Waals surface area contributed by atoms with Crippen molar-refractivity contribution in [2.75, 3.05) is 4.90 Å². The van der Waals surface area contributed by atoms with Crippen LogP contribution in [0, 0.1) is 5.82 Å². The summed E-state index contributed by atoms with van der Waals surface area (Å²) in [4.78, 5) is 33.9. The van der Waals surface area contributed by atoms with Crippen LogP contribution in [0.5, 0.6) is 0 Å². The summed E-state index contributed by atoms with van der Waals surface area (Å²) in [5, 5.41) is 2.35. The molecule has 1 heterocycles. The number of rotatable bonds is 5. The van der Waals surface area contributed by atoms with Crippen LogP contribution in [-0.2, 0) is 9.36 Å².